The van der Waals surface area contributed by atoms with Gasteiger partial charge in [0, 0.05) is 5.92 Å². The van der Waals surface area contributed by atoms with Crippen molar-refractivity contribution in [1.82, 2.24) is 0 Å². The van der Waals surface area contributed by atoms with E-state index in [0.717, 1.165) is 0 Å². The summed E-state index contributed by atoms with van der Waals surface area (Å²) in [5.41, 5.74) is 8.51. The molecule has 1 atom stereocenters. The van der Waals surface area contributed by atoms with Crippen molar-refractivity contribution in [2.45, 2.75) is 52.4 Å². The van der Waals surface area contributed by atoms with Gasteiger partial charge in [-0.2, -0.15) is 0 Å². The summed E-state index contributed by atoms with van der Waals surface area (Å²) < 4.78 is 0. The van der Waals surface area contributed by atoms with Gasteiger partial charge in [0.25, 0.3) is 0 Å². The summed E-state index contributed by atoms with van der Waals surface area (Å²) in [5, 5.41) is 9.40. The first-order valence-electron chi connectivity index (χ1n) is 8.16. The summed E-state index contributed by atoms with van der Waals surface area (Å²) in [6.07, 6.45) is 0.150. The Morgan fingerprint density at radius 1 is 1.09 bits per heavy atom. The van der Waals surface area contributed by atoms with Gasteiger partial charge < -0.3 is 5.11 Å². The number of hydrogen-bond acceptors (Lipinski definition) is 1. The van der Waals surface area contributed by atoms with Crippen LogP contribution in [0, 0.1) is 13.8 Å². The number of benzene rings is 2. The van der Waals surface area contributed by atoms with E-state index >= 15 is 0 Å². The molecule has 1 aliphatic carbocycles. The van der Waals surface area contributed by atoms with E-state index in [4.69, 9.17) is 0 Å². The quantitative estimate of drug-likeness (QED) is 0.829. The lowest BCUT2D eigenvalue weighted by Crippen LogP contribution is -2.12. The molecule has 0 aromatic heterocycles. The smallest absolute Gasteiger partial charge is 0.304 e. The van der Waals surface area contributed by atoms with Gasteiger partial charge in [0.15, 0.2) is 0 Å². The van der Waals surface area contributed by atoms with Crippen LogP contribution in [0.25, 0.3) is 11.1 Å². The molecule has 120 valence electrons. The highest BCUT2D eigenvalue weighted by molar-refractivity contribution is 5.83. The van der Waals surface area contributed by atoms with Crippen molar-refractivity contribution < 1.29 is 9.90 Å². The van der Waals surface area contributed by atoms with Crippen molar-refractivity contribution in [2.24, 2.45) is 0 Å². The van der Waals surface area contributed by atoms with Crippen molar-refractivity contribution in [3.05, 3.63) is 58.1 Å². The van der Waals surface area contributed by atoms with Crippen LogP contribution in [0.15, 0.2) is 30.3 Å². The van der Waals surface area contributed by atoms with Crippen LogP contribution in [-0.2, 0) is 10.2 Å². The van der Waals surface area contributed by atoms with Crippen LogP contribution in [0.4, 0.5) is 0 Å². The Labute approximate surface area is 138 Å². The van der Waals surface area contributed by atoms with Crippen LogP contribution in [0.1, 0.15) is 60.9 Å². The zero-order valence-electron chi connectivity index (χ0n) is 14.5. The maximum Gasteiger partial charge on any atom is 0.304 e. The van der Waals surface area contributed by atoms with Crippen LogP contribution in [0.5, 0.6) is 0 Å². The maximum atomic E-state index is 11.4. The zero-order valence-corrected chi connectivity index (χ0v) is 14.5. The van der Waals surface area contributed by atoms with E-state index in [9.17, 15) is 9.90 Å². The summed E-state index contributed by atoms with van der Waals surface area (Å²) in [6.45, 7) is 10.8. The Bertz CT molecular complexity index is 794. The van der Waals surface area contributed by atoms with Crippen LogP contribution in [0.2, 0.25) is 0 Å². The molecule has 0 saturated carbocycles. The largest absolute Gasteiger partial charge is 0.481 e. The number of carboxylic acid groups (broad SMARTS) is 1. The summed E-state index contributed by atoms with van der Waals surface area (Å²) in [7, 11) is 0. The highest BCUT2D eigenvalue weighted by atomic mass is 16.4. The van der Waals surface area contributed by atoms with E-state index in [0.29, 0.717) is 0 Å². The highest BCUT2D eigenvalue weighted by Crippen LogP contribution is 2.49. The Hall–Kier alpha value is -2.09. The second-order valence-electron chi connectivity index (χ2n) is 7.75. The third-order valence-electron chi connectivity index (χ3n) is 4.84. The molecule has 1 N–H and O–H groups in total. The summed E-state index contributed by atoms with van der Waals surface area (Å²) in [6, 6.07) is 10.9. The SMILES string of the molecule is Cc1cc(C)c2c(c1)-c1ccc(C(C)(C)C)cc1C2CC(=O)O. The molecule has 2 aromatic rings. The molecule has 0 heterocycles. The Morgan fingerprint density at radius 3 is 2.39 bits per heavy atom. The summed E-state index contributed by atoms with van der Waals surface area (Å²) in [4.78, 5) is 11.4. The predicted molar refractivity (Wildman–Crippen MR) is 94.1 cm³/mol. The lowest BCUT2D eigenvalue weighted by Gasteiger charge is -2.21. The minimum absolute atomic E-state index is 0.0413. The summed E-state index contributed by atoms with van der Waals surface area (Å²) >= 11 is 0. The van der Waals surface area contributed by atoms with Crippen LogP contribution >= 0.6 is 0 Å². The van der Waals surface area contributed by atoms with Gasteiger partial charge in [-0.3, -0.25) is 4.79 Å². The first-order valence-corrected chi connectivity index (χ1v) is 8.16. The molecule has 0 saturated heterocycles. The van der Waals surface area contributed by atoms with Crippen LogP contribution < -0.4 is 0 Å². The average molecular weight is 308 g/mol. The van der Waals surface area contributed by atoms with Gasteiger partial charge in [0.2, 0.25) is 0 Å². The number of hydrogen-bond donors (Lipinski definition) is 1. The maximum absolute atomic E-state index is 11.4. The van der Waals surface area contributed by atoms with E-state index in [1.807, 2.05) is 0 Å². The molecule has 23 heavy (non-hydrogen) atoms. The Kier molecular flexibility index (Phi) is 3.59. The molecule has 1 aliphatic rings. The number of rotatable bonds is 2. The minimum Gasteiger partial charge on any atom is -0.481 e. The first-order chi connectivity index (χ1) is 10.7. The fourth-order valence-electron chi connectivity index (χ4n) is 3.77. The number of carbonyl (C=O) groups is 1. The molecule has 0 radical (unpaired) electrons. The third-order valence-corrected chi connectivity index (χ3v) is 4.84. The molecule has 0 bridgehead atoms. The lowest BCUT2D eigenvalue weighted by atomic mass is 9.83. The van der Waals surface area contributed by atoms with Crippen molar-refractivity contribution >= 4 is 5.97 Å². The number of fused-ring (bicyclic) bond motifs is 3. The first kappa shape index (κ1) is 15.8. The van der Waals surface area contributed by atoms with E-state index in [-0.39, 0.29) is 17.8 Å². The van der Waals surface area contributed by atoms with Gasteiger partial charge in [-0.05, 0) is 52.6 Å². The molecular formula is C21H24O2. The standard InChI is InChI=1S/C21H24O2/c1-12-8-13(2)20-17(9-12)15-7-6-14(21(3,4)5)10-16(15)18(20)11-19(22)23/h6-10,18H,11H2,1-5H3,(H,22,23). The highest BCUT2D eigenvalue weighted by Gasteiger charge is 2.32. The number of carboxylic acids is 1. The summed E-state index contributed by atoms with van der Waals surface area (Å²) in [5.74, 6) is -0.782. The average Bonchev–Trinajstić information content (AvgIpc) is 2.71. The van der Waals surface area contributed by atoms with E-state index < -0.39 is 5.97 Å². The topological polar surface area (TPSA) is 37.3 Å². The van der Waals surface area contributed by atoms with Crippen molar-refractivity contribution in [3.63, 3.8) is 0 Å². The fraction of sp³-hybridized carbons (Fsp3) is 0.381. The van der Waals surface area contributed by atoms with Crippen molar-refractivity contribution in [2.75, 3.05) is 0 Å². The minimum atomic E-state index is -0.741. The van der Waals surface area contributed by atoms with Gasteiger partial charge in [0.1, 0.15) is 0 Å². The van der Waals surface area contributed by atoms with Gasteiger partial charge in [-0.25, -0.2) is 0 Å². The van der Waals surface area contributed by atoms with Gasteiger partial charge in [-0.15, -0.1) is 0 Å². The Morgan fingerprint density at radius 2 is 1.78 bits per heavy atom. The molecule has 3 rings (SSSR count). The molecule has 2 nitrogen and oxygen atoms in total. The second-order valence-corrected chi connectivity index (χ2v) is 7.75. The molecule has 2 heteroatoms. The number of aliphatic carboxylic acids is 1. The fourth-order valence-corrected chi connectivity index (χ4v) is 3.77. The molecule has 0 fully saturated rings. The monoisotopic (exact) mass is 308 g/mol. The van der Waals surface area contributed by atoms with Crippen molar-refractivity contribution in [3.8, 4) is 11.1 Å². The van der Waals surface area contributed by atoms with E-state index in [1.54, 1.807) is 0 Å². The van der Waals surface area contributed by atoms with Gasteiger partial charge in [-0.1, -0.05) is 56.7 Å². The zero-order chi connectivity index (χ0) is 16.9. The Balaban J connectivity index is 2.25. The lowest BCUT2D eigenvalue weighted by molar-refractivity contribution is -0.137. The molecular weight excluding hydrogens is 284 g/mol. The molecule has 1 unspecified atom stereocenters. The van der Waals surface area contributed by atoms with Gasteiger partial charge >= 0.3 is 5.97 Å². The predicted octanol–water partition coefficient (Wildman–Crippen LogP) is 5.19. The van der Waals surface area contributed by atoms with Crippen LogP contribution in [0.3, 0.4) is 0 Å². The van der Waals surface area contributed by atoms with Gasteiger partial charge in [0.05, 0.1) is 6.42 Å². The normalized spacial score (nSPS) is 16.1. The number of aryl methyl sites for hydroxylation is 2. The molecule has 0 spiro atoms. The second kappa shape index (κ2) is 5.23. The third kappa shape index (κ3) is 2.67. The molecule has 0 amide bonds. The molecule has 0 aliphatic heterocycles. The van der Waals surface area contributed by atoms with Crippen molar-refractivity contribution in [1.29, 1.82) is 0 Å². The van der Waals surface area contributed by atoms with E-state index in [1.165, 1.54) is 38.9 Å². The van der Waals surface area contributed by atoms with Crippen LogP contribution in [-0.4, -0.2) is 11.1 Å². The van der Waals surface area contributed by atoms with E-state index in [2.05, 4.69) is 65.0 Å². The molecule has 2 aromatic carbocycles.